The number of benzene rings is 1. The first-order valence-corrected chi connectivity index (χ1v) is 4.87. The first-order valence-electron chi connectivity index (χ1n) is 3.70. The predicted octanol–water partition coefficient (Wildman–Crippen LogP) is 1.77. The highest BCUT2D eigenvalue weighted by molar-refractivity contribution is 9.10. The fourth-order valence-corrected chi connectivity index (χ4v) is 1.49. The summed E-state index contributed by atoms with van der Waals surface area (Å²) in [6.45, 7) is 0.279. The number of aromatic hydroxyl groups is 1. The fraction of sp³-hybridized carbons (Fsp3) is 0.250. The van der Waals surface area contributed by atoms with Crippen LogP contribution in [0.5, 0.6) is 5.75 Å². The lowest BCUT2D eigenvalue weighted by atomic mass is 10.1. The Morgan fingerprint density at radius 3 is 2.69 bits per heavy atom. The summed E-state index contributed by atoms with van der Waals surface area (Å²) >= 11 is 8.90. The predicted molar refractivity (Wildman–Crippen MR) is 56.8 cm³/mol. The van der Waals surface area contributed by atoms with Crippen LogP contribution in [-0.4, -0.2) is 11.7 Å². The summed E-state index contributed by atoms with van der Waals surface area (Å²) < 4.78 is 0.454. The van der Waals surface area contributed by atoms with Crippen molar-refractivity contribution >= 4 is 27.5 Å². The van der Waals surface area contributed by atoms with E-state index in [4.69, 9.17) is 23.1 Å². The first-order chi connectivity index (χ1) is 6.07. The normalized spacial score (nSPS) is 12.9. The molecule has 1 aromatic carbocycles. The van der Waals surface area contributed by atoms with Gasteiger partial charge < -0.3 is 16.6 Å². The van der Waals surface area contributed by atoms with Gasteiger partial charge >= 0.3 is 0 Å². The van der Waals surface area contributed by atoms with Gasteiger partial charge in [0.05, 0.1) is 9.50 Å². The molecule has 0 saturated carbocycles. The Labute approximate surface area is 89.8 Å². The Morgan fingerprint density at radius 1 is 1.54 bits per heavy atom. The minimum atomic E-state index is -0.367. The summed E-state index contributed by atoms with van der Waals surface area (Å²) in [6, 6.07) is 2.96. The molecule has 1 aromatic rings. The van der Waals surface area contributed by atoms with Crippen molar-refractivity contribution in [2.24, 2.45) is 11.5 Å². The maximum atomic E-state index is 9.61. The van der Waals surface area contributed by atoms with E-state index in [-0.39, 0.29) is 18.3 Å². The maximum absolute atomic E-state index is 9.61. The van der Waals surface area contributed by atoms with Crippen molar-refractivity contribution < 1.29 is 5.11 Å². The standard InChI is InChI=1S/C8H10BrClN2O/c9-7-5(10)2-1-4(8(7)13)6(12)3-11/h1-2,6,13H,3,11-12H2/t6-/m0/s1. The molecular weight excluding hydrogens is 255 g/mol. The zero-order valence-electron chi connectivity index (χ0n) is 6.80. The topological polar surface area (TPSA) is 72.3 Å². The van der Waals surface area contributed by atoms with E-state index in [1.54, 1.807) is 12.1 Å². The minimum Gasteiger partial charge on any atom is -0.506 e. The number of hydrogen-bond donors (Lipinski definition) is 3. The summed E-state index contributed by atoms with van der Waals surface area (Å²) in [7, 11) is 0. The van der Waals surface area contributed by atoms with Gasteiger partial charge in [0.25, 0.3) is 0 Å². The van der Waals surface area contributed by atoms with Gasteiger partial charge in [-0.1, -0.05) is 17.7 Å². The average molecular weight is 266 g/mol. The number of phenols is 1. The van der Waals surface area contributed by atoms with Crippen LogP contribution in [0.2, 0.25) is 5.02 Å². The number of nitrogens with two attached hydrogens (primary N) is 2. The summed E-state index contributed by atoms with van der Waals surface area (Å²) in [6.07, 6.45) is 0. The van der Waals surface area contributed by atoms with Crippen LogP contribution in [0, 0.1) is 0 Å². The van der Waals surface area contributed by atoms with Crippen molar-refractivity contribution in [1.82, 2.24) is 0 Å². The third kappa shape index (κ3) is 2.14. The molecule has 0 saturated heterocycles. The molecule has 0 aliphatic rings. The third-order valence-electron chi connectivity index (χ3n) is 1.75. The van der Waals surface area contributed by atoms with Crippen LogP contribution in [0.3, 0.4) is 0 Å². The second-order valence-corrected chi connectivity index (χ2v) is 3.84. The molecule has 5 N–H and O–H groups in total. The zero-order chi connectivity index (χ0) is 10.0. The van der Waals surface area contributed by atoms with E-state index in [1.165, 1.54) is 0 Å². The van der Waals surface area contributed by atoms with E-state index in [0.717, 1.165) is 0 Å². The van der Waals surface area contributed by atoms with Gasteiger partial charge in [-0.25, -0.2) is 0 Å². The van der Waals surface area contributed by atoms with E-state index in [2.05, 4.69) is 15.9 Å². The Morgan fingerprint density at radius 2 is 2.15 bits per heavy atom. The highest BCUT2D eigenvalue weighted by atomic mass is 79.9. The van der Waals surface area contributed by atoms with Gasteiger partial charge in [0.15, 0.2) is 0 Å². The Balaban J connectivity index is 3.18. The lowest BCUT2D eigenvalue weighted by molar-refractivity contribution is 0.458. The molecule has 1 atom stereocenters. The van der Waals surface area contributed by atoms with Crippen molar-refractivity contribution in [3.05, 3.63) is 27.2 Å². The number of hydrogen-bond acceptors (Lipinski definition) is 3. The second-order valence-electron chi connectivity index (χ2n) is 2.64. The maximum Gasteiger partial charge on any atom is 0.136 e. The van der Waals surface area contributed by atoms with Crippen LogP contribution >= 0.6 is 27.5 Å². The SMILES string of the molecule is NC[C@H](N)c1ccc(Cl)c(Br)c1O. The third-order valence-corrected chi connectivity index (χ3v) is 3.10. The van der Waals surface area contributed by atoms with Crippen LogP contribution < -0.4 is 11.5 Å². The van der Waals surface area contributed by atoms with Gasteiger partial charge in [-0.3, -0.25) is 0 Å². The molecule has 0 heterocycles. The smallest absolute Gasteiger partial charge is 0.136 e. The monoisotopic (exact) mass is 264 g/mol. The van der Waals surface area contributed by atoms with Gasteiger partial charge in [0.1, 0.15) is 5.75 Å². The molecule has 0 aliphatic heterocycles. The molecule has 3 nitrogen and oxygen atoms in total. The van der Waals surface area contributed by atoms with Gasteiger partial charge in [-0.05, 0) is 22.0 Å². The van der Waals surface area contributed by atoms with E-state index in [0.29, 0.717) is 15.1 Å². The van der Waals surface area contributed by atoms with Gasteiger partial charge in [-0.15, -0.1) is 0 Å². The molecule has 72 valence electrons. The molecule has 0 fully saturated rings. The molecule has 0 amide bonds. The lowest BCUT2D eigenvalue weighted by Gasteiger charge is -2.12. The second kappa shape index (κ2) is 4.28. The summed E-state index contributed by atoms with van der Waals surface area (Å²) in [4.78, 5) is 0. The first kappa shape index (κ1) is 10.8. The highest BCUT2D eigenvalue weighted by Gasteiger charge is 2.13. The van der Waals surface area contributed by atoms with Crippen molar-refractivity contribution in [2.45, 2.75) is 6.04 Å². The van der Waals surface area contributed by atoms with Gasteiger partial charge in [0, 0.05) is 18.2 Å². The van der Waals surface area contributed by atoms with E-state index in [1.807, 2.05) is 0 Å². The average Bonchev–Trinajstić information content (AvgIpc) is 2.13. The molecule has 13 heavy (non-hydrogen) atoms. The van der Waals surface area contributed by atoms with Crippen molar-refractivity contribution in [3.63, 3.8) is 0 Å². The summed E-state index contributed by atoms with van der Waals surface area (Å²) in [5.41, 5.74) is 11.6. The molecule has 5 heteroatoms. The molecule has 0 radical (unpaired) electrons. The summed E-state index contributed by atoms with van der Waals surface area (Å²) in [5, 5.41) is 10.1. The van der Waals surface area contributed by atoms with Gasteiger partial charge in [0.2, 0.25) is 0 Å². The molecular formula is C8H10BrClN2O. The van der Waals surface area contributed by atoms with E-state index in [9.17, 15) is 5.11 Å². The van der Waals surface area contributed by atoms with Crippen LogP contribution in [0.4, 0.5) is 0 Å². The van der Waals surface area contributed by atoms with Gasteiger partial charge in [-0.2, -0.15) is 0 Å². The van der Waals surface area contributed by atoms with Crippen LogP contribution in [0.25, 0.3) is 0 Å². The Hall–Kier alpha value is -0.290. The van der Waals surface area contributed by atoms with Crippen LogP contribution in [-0.2, 0) is 0 Å². The quantitative estimate of drug-likeness (QED) is 0.763. The number of rotatable bonds is 2. The Kier molecular flexibility index (Phi) is 3.55. The van der Waals surface area contributed by atoms with E-state index >= 15 is 0 Å². The molecule has 0 unspecified atom stereocenters. The van der Waals surface area contributed by atoms with Crippen LogP contribution in [0.15, 0.2) is 16.6 Å². The number of halogens is 2. The van der Waals surface area contributed by atoms with Crippen molar-refractivity contribution in [1.29, 1.82) is 0 Å². The van der Waals surface area contributed by atoms with Crippen LogP contribution in [0.1, 0.15) is 11.6 Å². The zero-order valence-corrected chi connectivity index (χ0v) is 9.14. The van der Waals surface area contributed by atoms with E-state index < -0.39 is 0 Å². The van der Waals surface area contributed by atoms with Crippen molar-refractivity contribution in [3.8, 4) is 5.75 Å². The molecule has 0 bridgehead atoms. The Bertz CT molecular complexity index is 319. The molecule has 1 rings (SSSR count). The molecule has 0 spiro atoms. The molecule has 0 aliphatic carbocycles. The minimum absolute atomic E-state index is 0.0606. The fourth-order valence-electron chi connectivity index (χ4n) is 0.981. The number of phenolic OH excluding ortho intramolecular Hbond substituents is 1. The highest BCUT2D eigenvalue weighted by Crippen LogP contribution is 2.36. The van der Waals surface area contributed by atoms with Crippen molar-refractivity contribution in [2.75, 3.05) is 6.54 Å². The lowest BCUT2D eigenvalue weighted by Crippen LogP contribution is -2.20. The summed E-state index contributed by atoms with van der Waals surface area (Å²) in [5.74, 6) is 0.0606. The molecule has 0 aromatic heterocycles. The largest absolute Gasteiger partial charge is 0.506 e.